The highest BCUT2D eigenvalue weighted by molar-refractivity contribution is 7.79. The van der Waals surface area contributed by atoms with Crippen molar-refractivity contribution in [2.24, 2.45) is 0 Å². The van der Waals surface area contributed by atoms with Crippen LogP contribution in [0.1, 0.15) is 69.4 Å². The third kappa shape index (κ3) is 5.22. The third-order valence-corrected chi connectivity index (χ3v) is 11.7. The van der Waals surface area contributed by atoms with Gasteiger partial charge in [0, 0.05) is 23.1 Å². The number of fused-ring (bicyclic) bond motifs is 6. The van der Waals surface area contributed by atoms with Gasteiger partial charge in [-0.3, -0.25) is 0 Å². The first kappa shape index (κ1) is 32.6. The van der Waals surface area contributed by atoms with E-state index in [9.17, 15) is 17.5 Å². The summed E-state index contributed by atoms with van der Waals surface area (Å²) in [6.07, 6.45) is 12.7. The lowest BCUT2D eigenvalue weighted by molar-refractivity contribution is 0.481. The van der Waals surface area contributed by atoms with Gasteiger partial charge in [0.25, 0.3) is 0 Å². The van der Waals surface area contributed by atoms with Crippen LogP contribution in [0.4, 0.5) is 5.69 Å². The second-order valence-corrected chi connectivity index (χ2v) is 15.6. The molecule has 2 N–H and O–H groups in total. The first-order valence-electron chi connectivity index (χ1n) is 16.0. The summed E-state index contributed by atoms with van der Waals surface area (Å²) in [5.74, 6) is 0. The predicted molar refractivity (Wildman–Crippen MR) is 193 cm³/mol. The molecule has 7 heteroatoms. The number of anilines is 1. The van der Waals surface area contributed by atoms with E-state index in [1.54, 1.807) is 6.07 Å². The van der Waals surface area contributed by atoms with E-state index in [-0.39, 0.29) is 16.9 Å². The molecule has 0 radical (unpaired) electrons. The number of aryl methyl sites for hydroxylation is 2. The molecule has 0 amide bonds. The SMILES string of the molecule is CCc1cc2c(C)cc(S(=O)O)cc2c2c1C/C(=C/C=C/C=C/C1N(CC)c3ccc4ccc(S(=O)O)cc4c3C1(C)C)C2(C)C. The Hall–Kier alpha value is -3.36. The van der Waals surface area contributed by atoms with Crippen LogP contribution in [-0.2, 0) is 45.8 Å². The average Bonchev–Trinajstić information content (AvgIpc) is 3.41. The second kappa shape index (κ2) is 12.0. The molecule has 6 rings (SSSR count). The van der Waals surface area contributed by atoms with E-state index in [1.165, 1.54) is 33.5 Å². The first-order valence-corrected chi connectivity index (χ1v) is 18.2. The fourth-order valence-electron chi connectivity index (χ4n) is 8.04. The lowest BCUT2D eigenvalue weighted by Crippen LogP contribution is -2.39. The molecule has 1 aliphatic carbocycles. The highest BCUT2D eigenvalue weighted by Gasteiger charge is 2.43. The second-order valence-electron chi connectivity index (χ2n) is 13.6. The summed E-state index contributed by atoms with van der Waals surface area (Å²) in [6, 6.07) is 16.0. The fourth-order valence-corrected chi connectivity index (χ4v) is 8.94. The van der Waals surface area contributed by atoms with Crippen molar-refractivity contribution in [2.75, 3.05) is 11.4 Å². The van der Waals surface area contributed by atoms with Gasteiger partial charge in [0.15, 0.2) is 22.2 Å². The zero-order chi connectivity index (χ0) is 33.1. The molecule has 0 bridgehead atoms. The highest BCUT2D eigenvalue weighted by Crippen LogP contribution is 2.50. The summed E-state index contributed by atoms with van der Waals surface area (Å²) >= 11 is -4.06. The van der Waals surface area contributed by atoms with Crippen molar-refractivity contribution in [3.8, 4) is 0 Å². The van der Waals surface area contributed by atoms with Crippen LogP contribution in [0, 0.1) is 6.92 Å². The Morgan fingerprint density at radius 3 is 2.22 bits per heavy atom. The Kier molecular flexibility index (Phi) is 8.51. The smallest absolute Gasteiger partial charge is 0.186 e. The lowest BCUT2D eigenvalue weighted by atomic mass is 9.78. The van der Waals surface area contributed by atoms with Crippen LogP contribution in [0.3, 0.4) is 0 Å². The van der Waals surface area contributed by atoms with Crippen molar-refractivity contribution < 1.29 is 17.5 Å². The number of likely N-dealkylation sites (N-methyl/N-ethyl adjacent to an activating group) is 1. The molecule has 5 nitrogen and oxygen atoms in total. The van der Waals surface area contributed by atoms with E-state index in [1.807, 2.05) is 31.2 Å². The minimum Gasteiger partial charge on any atom is -0.364 e. The van der Waals surface area contributed by atoms with Crippen molar-refractivity contribution in [2.45, 2.75) is 88.0 Å². The lowest BCUT2D eigenvalue weighted by Gasteiger charge is -2.31. The standard InChI is InChI=1S/C39H43NO4S2/c1-8-25-20-30-24(3)19-29(46(43)44)23-33(30)36-31(25)21-27(38(36,4)5)13-11-10-12-14-35-39(6,7)37-32-22-28(45(41)42)17-15-26(32)16-18-34(37)40(35)9-2/h10-20,22-23,35H,8-9,21H2,1-7H3,(H,41,42)(H,43,44)/b11-10+,14-12+,27-13-. The van der Waals surface area contributed by atoms with Gasteiger partial charge in [-0.2, -0.15) is 0 Å². The molecule has 4 aromatic rings. The molecule has 1 heterocycles. The van der Waals surface area contributed by atoms with Crippen molar-refractivity contribution >= 4 is 49.4 Å². The van der Waals surface area contributed by atoms with Gasteiger partial charge >= 0.3 is 0 Å². The molecule has 46 heavy (non-hydrogen) atoms. The summed E-state index contributed by atoms with van der Waals surface area (Å²) in [5, 5.41) is 4.34. The normalized spacial score (nSPS) is 20.8. The zero-order valence-corrected chi connectivity index (χ0v) is 29.3. The third-order valence-electron chi connectivity index (χ3n) is 10.4. The highest BCUT2D eigenvalue weighted by atomic mass is 32.2. The van der Waals surface area contributed by atoms with Gasteiger partial charge in [0.2, 0.25) is 0 Å². The Morgan fingerprint density at radius 2 is 1.54 bits per heavy atom. The Balaban J connectivity index is 1.32. The summed E-state index contributed by atoms with van der Waals surface area (Å²) in [7, 11) is 0. The van der Waals surface area contributed by atoms with Gasteiger partial charge in [-0.1, -0.05) is 88.8 Å². The van der Waals surface area contributed by atoms with E-state index < -0.39 is 22.2 Å². The van der Waals surface area contributed by atoms with Crippen molar-refractivity contribution in [3.05, 3.63) is 112 Å². The summed E-state index contributed by atoms with van der Waals surface area (Å²) in [5.41, 5.74) is 8.28. The van der Waals surface area contributed by atoms with Gasteiger partial charge in [0.05, 0.1) is 15.8 Å². The largest absolute Gasteiger partial charge is 0.364 e. The molecule has 0 spiro atoms. The maximum atomic E-state index is 12.0. The molecular weight excluding hydrogens is 611 g/mol. The van der Waals surface area contributed by atoms with Gasteiger partial charge in [-0.15, -0.1) is 0 Å². The number of rotatable bonds is 7. The van der Waals surface area contributed by atoms with E-state index in [0.29, 0.717) is 9.79 Å². The first-order chi connectivity index (χ1) is 21.8. The molecule has 3 atom stereocenters. The minimum atomic E-state index is -2.03. The van der Waals surface area contributed by atoms with Gasteiger partial charge in [-0.05, 0) is 106 Å². The Bertz CT molecular complexity index is 2040. The Morgan fingerprint density at radius 1 is 0.848 bits per heavy atom. The van der Waals surface area contributed by atoms with Crippen molar-refractivity contribution in [1.82, 2.24) is 0 Å². The van der Waals surface area contributed by atoms with Crippen LogP contribution in [0.2, 0.25) is 0 Å². The number of hydrogen-bond acceptors (Lipinski definition) is 3. The van der Waals surface area contributed by atoms with Crippen LogP contribution in [0.15, 0.2) is 94.3 Å². The van der Waals surface area contributed by atoms with Gasteiger partial charge < -0.3 is 14.0 Å². The van der Waals surface area contributed by atoms with Crippen LogP contribution >= 0.6 is 0 Å². The van der Waals surface area contributed by atoms with Crippen LogP contribution in [0.5, 0.6) is 0 Å². The summed E-state index contributed by atoms with van der Waals surface area (Å²) in [4.78, 5) is 3.29. The molecule has 240 valence electrons. The quantitative estimate of drug-likeness (QED) is 0.154. The number of allylic oxidation sites excluding steroid dienone is 5. The van der Waals surface area contributed by atoms with Crippen LogP contribution < -0.4 is 4.90 Å². The van der Waals surface area contributed by atoms with Crippen LogP contribution in [0.25, 0.3) is 21.5 Å². The van der Waals surface area contributed by atoms with Gasteiger partial charge in [0.1, 0.15) is 0 Å². The molecule has 4 aromatic carbocycles. The molecule has 0 fully saturated rings. The topological polar surface area (TPSA) is 77.8 Å². The van der Waals surface area contributed by atoms with Gasteiger partial charge in [-0.25, -0.2) is 8.42 Å². The summed E-state index contributed by atoms with van der Waals surface area (Å²) in [6.45, 7) is 16.3. The fraction of sp³-hybridized carbons (Fsp3) is 0.333. The van der Waals surface area contributed by atoms with E-state index in [2.05, 4.69) is 95.0 Å². The molecular formula is C39H43NO4S2. The van der Waals surface area contributed by atoms with Crippen molar-refractivity contribution in [3.63, 3.8) is 0 Å². The number of nitrogens with zero attached hydrogens (tertiary/aromatic N) is 1. The number of hydrogen-bond donors (Lipinski definition) is 2. The predicted octanol–water partition coefficient (Wildman–Crippen LogP) is 9.08. The summed E-state index contributed by atoms with van der Waals surface area (Å²) < 4.78 is 43.6. The molecule has 0 saturated carbocycles. The van der Waals surface area contributed by atoms with E-state index in [4.69, 9.17) is 0 Å². The molecule has 0 saturated heterocycles. The van der Waals surface area contributed by atoms with E-state index in [0.717, 1.165) is 46.5 Å². The average molecular weight is 654 g/mol. The molecule has 1 aliphatic heterocycles. The van der Waals surface area contributed by atoms with E-state index >= 15 is 0 Å². The Labute approximate surface area is 277 Å². The number of benzene rings is 4. The molecule has 2 aliphatic rings. The minimum absolute atomic E-state index is 0.124. The van der Waals surface area contributed by atoms with Crippen molar-refractivity contribution in [1.29, 1.82) is 0 Å². The maximum Gasteiger partial charge on any atom is 0.186 e. The zero-order valence-electron chi connectivity index (χ0n) is 27.7. The maximum absolute atomic E-state index is 12.0. The molecule has 3 unspecified atom stereocenters. The molecule has 0 aromatic heterocycles. The van der Waals surface area contributed by atoms with Crippen LogP contribution in [-0.4, -0.2) is 30.1 Å². The monoisotopic (exact) mass is 653 g/mol.